The molecule has 2 heterocycles. The minimum absolute atomic E-state index is 0.107. The van der Waals surface area contributed by atoms with Gasteiger partial charge in [-0.15, -0.1) is 0 Å². The second-order valence-corrected chi connectivity index (χ2v) is 4.53. The molecule has 0 fully saturated rings. The van der Waals surface area contributed by atoms with Crippen LogP contribution in [-0.4, -0.2) is 27.0 Å². The molecule has 1 N–H and O–H groups in total. The number of hydrogen-bond donors (Lipinski definition) is 1. The van der Waals surface area contributed by atoms with Crippen LogP contribution in [0.1, 0.15) is 5.69 Å². The molecular formula is C16H15N3O2. The van der Waals surface area contributed by atoms with E-state index < -0.39 is 0 Å². The highest BCUT2D eigenvalue weighted by Crippen LogP contribution is 2.26. The number of methoxy groups -OCH3 is 1. The Labute approximate surface area is 122 Å². The average Bonchev–Trinajstić information content (AvgIpc) is 3.00. The van der Waals surface area contributed by atoms with Crippen molar-refractivity contribution >= 4 is 0 Å². The summed E-state index contributed by atoms with van der Waals surface area (Å²) in [4.78, 5) is 4.12. The second kappa shape index (κ2) is 5.76. The summed E-state index contributed by atoms with van der Waals surface area (Å²) >= 11 is 0. The Morgan fingerprint density at radius 1 is 1.19 bits per heavy atom. The Morgan fingerprint density at radius 3 is 2.81 bits per heavy atom. The van der Waals surface area contributed by atoms with Gasteiger partial charge >= 0.3 is 0 Å². The molecule has 2 aromatic heterocycles. The lowest BCUT2D eigenvalue weighted by Crippen LogP contribution is -2.00. The number of nitrogens with zero attached hydrogens (tertiary/aromatic N) is 3. The molecule has 21 heavy (non-hydrogen) atoms. The van der Waals surface area contributed by atoms with E-state index in [1.807, 2.05) is 42.5 Å². The summed E-state index contributed by atoms with van der Waals surface area (Å²) in [5.41, 5.74) is 3.29. The van der Waals surface area contributed by atoms with Crippen LogP contribution in [0.5, 0.6) is 5.75 Å². The highest BCUT2D eigenvalue weighted by atomic mass is 16.5. The molecule has 0 aliphatic rings. The van der Waals surface area contributed by atoms with Gasteiger partial charge in [-0.05, 0) is 30.3 Å². The van der Waals surface area contributed by atoms with E-state index in [0.29, 0.717) is 5.69 Å². The van der Waals surface area contributed by atoms with Gasteiger partial charge in [-0.2, -0.15) is 5.10 Å². The molecule has 0 saturated heterocycles. The molecule has 0 atom stereocenters. The molecule has 3 aromatic rings. The van der Waals surface area contributed by atoms with Gasteiger partial charge in [-0.25, -0.2) is 4.68 Å². The Hall–Kier alpha value is -2.66. The number of ether oxygens (including phenoxy) is 1. The van der Waals surface area contributed by atoms with Gasteiger partial charge in [0.05, 0.1) is 37.0 Å². The summed E-state index contributed by atoms with van der Waals surface area (Å²) in [6, 6.07) is 13.4. The normalized spacial score (nSPS) is 10.6. The van der Waals surface area contributed by atoms with Crippen LogP contribution in [0.2, 0.25) is 0 Å². The molecule has 1 aromatic carbocycles. The van der Waals surface area contributed by atoms with E-state index in [4.69, 9.17) is 4.74 Å². The van der Waals surface area contributed by atoms with E-state index in [9.17, 15) is 5.11 Å². The summed E-state index contributed by atoms with van der Waals surface area (Å²) in [5, 5.41) is 13.8. The molecular weight excluding hydrogens is 266 g/mol. The first-order valence-electron chi connectivity index (χ1n) is 6.56. The molecule has 0 unspecified atom stereocenters. The molecule has 0 aliphatic carbocycles. The summed E-state index contributed by atoms with van der Waals surface area (Å²) in [5.74, 6) is 0.775. The van der Waals surface area contributed by atoms with E-state index in [-0.39, 0.29) is 6.61 Å². The number of aliphatic hydroxyl groups excluding tert-OH is 1. The lowest BCUT2D eigenvalue weighted by Gasteiger charge is -2.08. The van der Waals surface area contributed by atoms with Crippen molar-refractivity contribution < 1.29 is 9.84 Å². The largest absolute Gasteiger partial charge is 0.497 e. The van der Waals surface area contributed by atoms with Crippen molar-refractivity contribution in [2.75, 3.05) is 7.11 Å². The molecule has 3 rings (SSSR count). The van der Waals surface area contributed by atoms with Gasteiger partial charge in [0, 0.05) is 11.8 Å². The van der Waals surface area contributed by atoms with Gasteiger partial charge in [-0.1, -0.05) is 12.1 Å². The maximum atomic E-state index is 9.35. The quantitative estimate of drug-likeness (QED) is 0.798. The molecule has 106 valence electrons. The van der Waals surface area contributed by atoms with E-state index in [1.165, 1.54) is 0 Å². The second-order valence-electron chi connectivity index (χ2n) is 4.53. The molecule has 0 spiro atoms. The zero-order valence-corrected chi connectivity index (χ0v) is 11.6. The van der Waals surface area contributed by atoms with Gasteiger partial charge in [-0.3, -0.25) is 4.98 Å². The summed E-state index contributed by atoms with van der Waals surface area (Å²) in [6.07, 6.45) is 3.45. The maximum Gasteiger partial charge on any atom is 0.119 e. The van der Waals surface area contributed by atoms with Crippen LogP contribution in [0, 0.1) is 0 Å². The molecule has 0 bridgehead atoms. The van der Waals surface area contributed by atoms with Crippen LogP contribution in [0.15, 0.2) is 54.9 Å². The molecule has 0 saturated carbocycles. The Balaban J connectivity index is 2.15. The van der Waals surface area contributed by atoms with Crippen molar-refractivity contribution in [2.24, 2.45) is 0 Å². The number of benzene rings is 1. The van der Waals surface area contributed by atoms with Crippen LogP contribution >= 0.6 is 0 Å². The number of pyridine rings is 1. The van der Waals surface area contributed by atoms with Crippen LogP contribution in [0.3, 0.4) is 0 Å². The molecule has 0 aliphatic heterocycles. The smallest absolute Gasteiger partial charge is 0.119 e. The van der Waals surface area contributed by atoms with E-state index in [1.54, 1.807) is 24.2 Å². The van der Waals surface area contributed by atoms with Crippen molar-refractivity contribution in [3.63, 3.8) is 0 Å². The highest BCUT2D eigenvalue weighted by Gasteiger charge is 2.12. The predicted molar refractivity (Wildman–Crippen MR) is 79.3 cm³/mol. The van der Waals surface area contributed by atoms with Crippen molar-refractivity contribution in [3.05, 3.63) is 60.6 Å². The van der Waals surface area contributed by atoms with Gasteiger partial charge in [0.1, 0.15) is 5.75 Å². The summed E-state index contributed by atoms with van der Waals surface area (Å²) in [6.45, 7) is -0.107. The van der Waals surface area contributed by atoms with Gasteiger partial charge in [0.2, 0.25) is 0 Å². The Kier molecular flexibility index (Phi) is 3.66. The van der Waals surface area contributed by atoms with Crippen LogP contribution < -0.4 is 4.74 Å². The van der Waals surface area contributed by atoms with Crippen molar-refractivity contribution in [1.29, 1.82) is 0 Å². The minimum Gasteiger partial charge on any atom is -0.497 e. The van der Waals surface area contributed by atoms with Crippen LogP contribution in [0.4, 0.5) is 0 Å². The first-order valence-corrected chi connectivity index (χ1v) is 6.56. The summed E-state index contributed by atoms with van der Waals surface area (Å²) in [7, 11) is 1.64. The Bertz CT molecular complexity index is 738. The minimum atomic E-state index is -0.107. The fourth-order valence-electron chi connectivity index (χ4n) is 2.17. The molecule has 5 heteroatoms. The number of aliphatic hydroxyl groups is 1. The van der Waals surface area contributed by atoms with Crippen molar-refractivity contribution in [1.82, 2.24) is 14.8 Å². The molecule has 5 nitrogen and oxygen atoms in total. The van der Waals surface area contributed by atoms with Crippen molar-refractivity contribution in [3.8, 4) is 22.7 Å². The SMILES string of the molecule is COc1cccc(-c2cc(CO)nn2-c2cccnc2)c1. The van der Waals surface area contributed by atoms with Crippen molar-refractivity contribution in [2.45, 2.75) is 6.61 Å². The molecule has 0 amide bonds. The van der Waals surface area contributed by atoms with E-state index in [0.717, 1.165) is 22.7 Å². The number of rotatable bonds is 4. The fraction of sp³-hybridized carbons (Fsp3) is 0.125. The zero-order chi connectivity index (χ0) is 14.7. The van der Waals surface area contributed by atoms with Gasteiger partial charge in [0.15, 0.2) is 0 Å². The van der Waals surface area contributed by atoms with E-state index in [2.05, 4.69) is 10.1 Å². The highest BCUT2D eigenvalue weighted by molar-refractivity contribution is 5.64. The average molecular weight is 281 g/mol. The van der Waals surface area contributed by atoms with E-state index >= 15 is 0 Å². The third kappa shape index (κ3) is 2.64. The van der Waals surface area contributed by atoms with Crippen LogP contribution in [-0.2, 0) is 6.61 Å². The zero-order valence-electron chi connectivity index (χ0n) is 11.6. The number of hydrogen-bond acceptors (Lipinski definition) is 4. The maximum absolute atomic E-state index is 9.35. The van der Waals surface area contributed by atoms with Crippen LogP contribution in [0.25, 0.3) is 16.9 Å². The Morgan fingerprint density at radius 2 is 2.10 bits per heavy atom. The first kappa shape index (κ1) is 13.3. The summed E-state index contributed by atoms with van der Waals surface area (Å²) < 4.78 is 7.03. The monoisotopic (exact) mass is 281 g/mol. The first-order chi connectivity index (χ1) is 10.3. The standard InChI is InChI=1S/C16H15N3O2/c1-21-15-6-2-4-12(8-15)16-9-13(11-20)18-19(16)14-5-3-7-17-10-14/h2-10,20H,11H2,1H3. The third-order valence-corrected chi connectivity index (χ3v) is 3.18. The predicted octanol–water partition coefficient (Wildman–Crippen LogP) is 2.44. The van der Waals surface area contributed by atoms with Gasteiger partial charge < -0.3 is 9.84 Å². The molecule has 0 radical (unpaired) electrons. The topological polar surface area (TPSA) is 60.2 Å². The number of aromatic nitrogens is 3. The lowest BCUT2D eigenvalue weighted by molar-refractivity contribution is 0.276. The van der Waals surface area contributed by atoms with Gasteiger partial charge in [0.25, 0.3) is 0 Å². The fourth-order valence-corrected chi connectivity index (χ4v) is 2.17. The lowest BCUT2D eigenvalue weighted by atomic mass is 10.1. The third-order valence-electron chi connectivity index (χ3n) is 3.18.